The molecular weight excluding hydrogens is 546 g/mol. The summed E-state index contributed by atoms with van der Waals surface area (Å²) in [6.07, 6.45) is 0.118. The van der Waals surface area contributed by atoms with Gasteiger partial charge in [0.1, 0.15) is 29.4 Å². The van der Waals surface area contributed by atoms with Crippen molar-refractivity contribution in [2.75, 3.05) is 33.1 Å². The number of Topliss-reactive ketones (excluding diaryl/α,β-unsaturated/α-hetero) is 2. The quantitative estimate of drug-likeness (QED) is 0.273. The van der Waals surface area contributed by atoms with Crippen molar-refractivity contribution in [3.05, 3.63) is 70.2 Å². The summed E-state index contributed by atoms with van der Waals surface area (Å²) in [4.78, 5) is 53.0. The number of ketones is 2. The Morgan fingerprint density at radius 1 is 1.14 bits per heavy atom. The number of aromatic hydroxyl groups is 1. The van der Waals surface area contributed by atoms with E-state index >= 15 is 0 Å². The van der Waals surface area contributed by atoms with E-state index in [0.717, 1.165) is 0 Å². The third-order valence-electron chi connectivity index (χ3n) is 8.34. The van der Waals surface area contributed by atoms with Crippen LogP contribution in [0.3, 0.4) is 0 Å². The number of anilines is 1. The maximum atomic E-state index is 13.9. The molecule has 0 saturated heterocycles. The minimum absolute atomic E-state index is 0.0199. The van der Waals surface area contributed by atoms with Gasteiger partial charge in [0, 0.05) is 24.3 Å². The molecule has 0 bridgehead atoms. The first-order chi connectivity index (χ1) is 19.8. The molecule has 0 aromatic heterocycles. The number of primary amides is 1. The summed E-state index contributed by atoms with van der Waals surface area (Å²) >= 11 is 0. The zero-order valence-electron chi connectivity index (χ0n) is 23.2. The minimum Gasteiger partial charge on any atom is -0.510 e. The van der Waals surface area contributed by atoms with E-state index in [4.69, 9.17) is 10.5 Å². The SMILES string of the molecule is COCC(=O)Nc1cccc(-c2ccc(O)c3c2C[C@@H]2C[C@@H]4C(N(C)C)C(O)=C(C(N)=O)C(=O)[C@]4(O)C(O)=C2C3=O)c1. The summed E-state index contributed by atoms with van der Waals surface area (Å²) in [5, 5.41) is 47.6. The van der Waals surface area contributed by atoms with Crippen LogP contribution in [0.1, 0.15) is 22.3 Å². The van der Waals surface area contributed by atoms with Gasteiger partial charge in [-0.1, -0.05) is 18.2 Å². The molecule has 7 N–H and O–H groups in total. The van der Waals surface area contributed by atoms with Crippen molar-refractivity contribution in [3.8, 4) is 16.9 Å². The number of phenols is 1. The summed E-state index contributed by atoms with van der Waals surface area (Å²) in [7, 11) is 4.55. The second-order valence-corrected chi connectivity index (χ2v) is 11.0. The van der Waals surface area contributed by atoms with Crippen molar-refractivity contribution in [1.29, 1.82) is 0 Å². The van der Waals surface area contributed by atoms with E-state index in [9.17, 15) is 39.6 Å². The zero-order chi connectivity index (χ0) is 30.7. The number of hydrogen-bond donors (Lipinski definition) is 6. The molecule has 0 spiro atoms. The van der Waals surface area contributed by atoms with Crippen LogP contribution in [0.15, 0.2) is 59.1 Å². The number of rotatable bonds is 6. The third kappa shape index (κ3) is 4.26. The smallest absolute Gasteiger partial charge is 0.255 e. The molecule has 42 heavy (non-hydrogen) atoms. The summed E-state index contributed by atoms with van der Waals surface area (Å²) in [5.74, 6) is -7.43. The number of methoxy groups -OCH3 is 1. The fourth-order valence-corrected chi connectivity index (χ4v) is 6.61. The Labute approximate surface area is 240 Å². The molecule has 3 aliphatic rings. The van der Waals surface area contributed by atoms with E-state index < -0.39 is 58.0 Å². The summed E-state index contributed by atoms with van der Waals surface area (Å²) < 4.78 is 4.86. The lowest BCUT2D eigenvalue weighted by Crippen LogP contribution is -2.63. The second-order valence-electron chi connectivity index (χ2n) is 11.0. The monoisotopic (exact) mass is 577 g/mol. The van der Waals surface area contributed by atoms with Gasteiger partial charge < -0.3 is 36.2 Å². The number of aliphatic hydroxyl groups is 3. The molecule has 0 aliphatic heterocycles. The lowest BCUT2D eigenvalue weighted by atomic mass is 9.58. The molecule has 0 fully saturated rings. The average Bonchev–Trinajstić information content (AvgIpc) is 2.90. The second kappa shape index (κ2) is 10.4. The Morgan fingerprint density at radius 2 is 1.86 bits per heavy atom. The van der Waals surface area contributed by atoms with Crippen molar-refractivity contribution in [3.63, 3.8) is 0 Å². The fraction of sp³-hybridized carbons (Fsp3) is 0.333. The molecule has 0 heterocycles. The van der Waals surface area contributed by atoms with E-state index in [1.54, 1.807) is 44.4 Å². The van der Waals surface area contributed by atoms with Gasteiger partial charge in [0.2, 0.25) is 11.7 Å². The third-order valence-corrected chi connectivity index (χ3v) is 8.34. The number of carbonyl (C=O) groups is 4. The lowest BCUT2D eigenvalue weighted by molar-refractivity contribution is -0.148. The van der Waals surface area contributed by atoms with Gasteiger partial charge >= 0.3 is 0 Å². The number of benzene rings is 2. The van der Waals surface area contributed by atoms with Gasteiger partial charge in [0.15, 0.2) is 11.4 Å². The lowest BCUT2D eigenvalue weighted by Gasteiger charge is -2.50. The number of hydrogen-bond acceptors (Lipinski definition) is 10. The van der Waals surface area contributed by atoms with Crippen molar-refractivity contribution in [1.82, 2.24) is 4.90 Å². The maximum absolute atomic E-state index is 13.9. The number of likely N-dealkylation sites (N-methyl/N-ethyl adjacent to an activating group) is 1. The predicted octanol–water partition coefficient (Wildman–Crippen LogP) is 1.37. The van der Waals surface area contributed by atoms with E-state index in [1.807, 2.05) is 0 Å². The molecule has 220 valence electrons. The van der Waals surface area contributed by atoms with Gasteiger partial charge in [-0.2, -0.15) is 0 Å². The van der Waals surface area contributed by atoms with Gasteiger partial charge in [0.05, 0.1) is 11.6 Å². The molecule has 0 radical (unpaired) electrons. The van der Waals surface area contributed by atoms with Gasteiger partial charge in [-0.15, -0.1) is 0 Å². The van der Waals surface area contributed by atoms with Gasteiger partial charge in [-0.3, -0.25) is 24.1 Å². The largest absolute Gasteiger partial charge is 0.510 e. The normalized spacial score (nSPS) is 25.2. The molecule has 1 unspecified atom stereocenters. The fourth-order valence-electron chi connectivity index (χ4n) is 6.61. The highest BCUT2D eigenvalue weighted by atomic mass is 16.5. The molecule has 5 rings (SSSR count). The van der Waals surface area contributed by atoms with Crippen LogP contribution in [0, 0.1) is 11.8 Å². The molecule has 2 aromatic carbocycles. The van der Waals surface area contributed by atoms with Crippen LogP contribution < -0.4 is 11.1 Å². The number of phenolic OH excluding ortho intramolecular Hbond substituents is 1. The number of allylic oxidation sites excluding steroid dienone is 1. The Hall–Kier alpha value is -4.52. The summed E-state index contributed by atoms with van der Waals surface area (Å²) in [6.45, 7) is -0.136. The summed E-state index contributed by atoms with van der Waals surface area (Å²) in [5.41, 5.74) is 3.69. The zero-order valence-corrected chi connectivity index (χ0v) is 23.2. The molecular formula is C30H31N3O9. The molecule has 12 nitrogen and oxygen atoms in total. The number of amides is 2. The Bertz CT molecular complexity index is 1610. The van der Waals surface area contributed by atoms with Crippen LogP contribution in [-0.2, 0) is 25.5 Å². The number of aliphatic hydroxyl groups excluding tert-OH is 2. The number of nitrogens with zero attached hydrogens (tertiary/aromatic N) is 1. The standard InChI is InChI=1S/C30H31N3O9/c1-33(2)24-18-11-14-10-17-16(13-5-4-6-15(9-13)32-20(35)12-42-3)7-8-19(34)22(17)25(36)21(14)27(38)30(18,41)28(39)23(26(24)37)29(31)40/h4-9,14,18,24,34,37-38,41H,10-12H2,1-3H3,(H2,31,40)(H,32,35)/t14-,18-,24?,30-/m1/s1. The van der Waals surface area contributed by atoms with E-state index in [1.165, 1.54) is 18.1 Å². The maximum Gasteiger partial charge on any atom is 0.255 e. The predicted molar refractivity (Wildman–Crippen MR) is 150 cm³/mol. The molecule has 3 aliphatic carbocycles. The van der Waals surface area contributed by atoms with Crippen LogP contribution in [0.2, 0.25) is 0 Å². The molecule has 0 saturated carbocycles. The van der Waals surface area contributed by atoms with E-state index in [0.29, 0.717) is 22.4 Å². The number of nitrogens with one attached hydrogen (secondary N) is 1. The van der Waals surface area contributed by atoms with Gasteiger partial charge in [0.25, 0.3) is 5.91 Å². The number of nitrogens with two attached hydrogens (primary N) is 1. The van der Waals surface area contributed by atoms with Crippen molar-refractivity contribution in [2.24, 2.45) is 17.6 Å². The molecule has 12 heteroatoms. The van der Waals surface area contributed by atoms with Crippen molar-refractivity contribution < 1.29 is 44.3 Å². The van der Waals surface area contributed by atoms with Crippen LogP contribution >= 0.6 is 0 Å². The Kier molecular flexibility index (Phi) is 7.17. The topological polar surface area (TPSA) is 200 Å². The van der Waals surface area contributed by atoms with Crippen molar-refractivity contribution in [2.45, 2.75) is 24.5 Å². The first-order valence-electron chi connectivity index (χ1n) is 13.2. The Morgan fingerprint density at radius 3 is 2.50 bits per heavy atom. The van der Waals surface area contributed by atoms with Crippen molar-refractivity contribution >= 4 is 29.1 Å². The molecule has 2 aromatic rings. The number of carbonyl (C=O) groups excluding carboxylic acids is 4. The first-order valence-corrected chi connectivity index (χ1v) is 13.2. The highest BCUT2D eigenvalue weighted by Crippen LogP contribution is 2.53. The number of fused-ring (bicyclic) bond motifs is 3. The summed E-state index contributed by atoms with van der Waals surface area (Å²) in [6, 6.07) is 8.81. The highest BCUT2D eigenvalue weighted by molar-refractivity contribution is 6.25. The van der Waals surface area contributed by atoms with Gasteiger partial charge in [-0.25, -0.2) is 0 Å². The molecule has 4 atom stereocenters. The van der Waals surface area contributed by atoms with E-state index in [-0.39, 0.29) is 42.2 Å². The number of ether oxygens (including phenoxy) is 1. The van der Waals surface area contributed by atoms with Crippen LogP contribution in [0.4, 0.5) is 5.69 Å². The van der Waals surface area contributed by atoms with Crippen LogP contribution in [0.5, 0.6) is 5.75 Å². The van der Waals surface area contributed by atoms with Crippen LogP contribution in [-0.4, -0.2) is 88.2 Å². The average molecular weight is 578 g/mol. The molecule has 2 amide bonds. The van der Waals surface area contributed by atoms with Gasteiger partial charge in [-0.05, 0) is 67.7 Å². The first kappa shape index (κ1) is 29.0. The Balaban J connectivity index is 1.65. The van der Waals surface area contributed by atoms with Crippen LogP contribution in [0.25, 0.3) is 11.1 Å². The minimum atomic E-state index is -2.70. The van der Waals surface area contributed by atoms with E-state index in [2.05, 4.69) is 5.32 Å². The highest BCUT2D eigenvalue weighted by Gasteiger charge is 2.63.